The predicted octanol–water partition coefficient (Wildman–Crippen LogP) is 4.11. The molecule has 9 heteroatoms. The average Bonchev–Trinajstić information content (AvgIpc) is 3.66. The van der Waals surface area contributed by atoms with Gasteiger partial charge in [0.1, 0.15) is 29.0 Å². The largest absolute Gasteiger partial charge is 0.458 e. The molecule has 172 valence electrons. The fourth-order valence-corrected chi connectivity index (χ4v) is 4.41. The Bertz CT molecular complexity index is 1340. The van der Waals surface area contributed by atoms with E-state index in [1.807, 2.05) is 53.2 Å². The van der Waals surface area contributed by atoms with Gasteiger partial charge in [-0.2, -0.15) is 0 Å². The Kier molecular flexibility index (Phi) is 5.52. The van der Waals surface area contributed by atoms with Crippen LogP contribution in [0.3, 0.4) is 0 Å². The first-order chi connectivity index (χ1) is 16.8. The molecule has 2 unspecified atom stereocenters. The first-order valence-electron chi connectivity index (χ1n) is 11.5. The molecule has 0 amide bonds. The molecule has 2 N–H and O–H groups in total. The second kappa shape index (κ2) is 9.11. The van der Waals surface area contributed by atoms with Gasteiger partial charge in [-0.1, -0.05) is 48.5 Å². The molecule has 34 heavy (non-hydrogen) atoms. The summed E-state index contributed by atoms with van der Waals surface area (Å²) in [5.41, 5.74) is 2.01. The molecule has 3 aromatic heterocycles. The smallest absolute Gasteiger partial charge is 0.181 e. The molecule has 2 atom stereocenters. The quantitative estimate of drug-likeness (QED) is 0.363. The Balaban J connectivity index is 1.31. The number of furan rings is 1. The summed E-state index contributed by atoms with van der Waals surface area (Å²) in [6, 6.07) is 19.8. The maximum absolute atomic E-state index is 6.22. The number of rotatable bonds is 8. The monoisotopic (exact) mass is 455 g/mol. The number of para-hydroxylation sites is 1. The summed E-state index contributed by atoms with van der Waals surface area (Å²) in [5, 5.41) is 17.1. The molecule has 6 rings (SSSR count). The maximum Gasteiger partial charge on any atom is 0.181 e. The summed E-state index contributed by atoms with van der Waals surface area (Å²) in [4.78, 5) is 7.94. The molecular weight excluding hydrogens is 430 g/mol. The van der Waals surface area contributed by atoms with Crippen LogP contribution in [0.1, 0.15) is 41.9 Å². The minimum atomic E-state index is -0.408. The molecule has 0 bridgehead atoms. The van der Waals surface area contributed by atoms with Crippen LogP contribution < -0.4 is 5.32 Å². The third kappa shape index (κ3) is 4.29. The Morgan fingerprint density at radius 2 is 2.00 bits per heavy atom. The number of ether oxygens (including phenoxy) is 1. The molecule has 5 aromatic rings. The zero-order chi connectivity index (χ0) is 22.7. The molecule has 1 saturated heterocycles. The van der Waals surface area contributed by atoms with Crippen molar-refractivity contribution in [2.45, 2.75) is 38.0 Å². The fraction of sp³-hybridized carbons (Fsp3) is 0.280. The van der Waals surface area contributed by atoms with Gasteiger partial charge in [-0.3, -0.25) is 0 Å². The molecule has 0 spiro atoms. The Labute approximate surface area is 196 Å². The minimum Gasteiger partial charge on any atom is -0.458 e. The summed E-state index contributed by atoms with van der Waals surface area (Å²) >= 11 is 0. The van der Waals surface area contributed by atoms with Gasteiger partial charge in [-0.25, -0.2) is 9.67 Å². The van der Waals surface area contributed by atoms with E-state index in [-0.39, 0.29) is 6.10 Å². The topological polar surface area (TPSA) is 107 Å². The van der Waals surface area contributed by atoms with Crippen LogP contribution in [0.2, 0.25) is 0 Å². The lowest BCUT2D eigenvalue weighted by Crippen LogP contribution is -2.23. The van der Waals surface area contributed by atoms with Crippen LogP contribution in [0, 0.1) is 0 Å². The van der Waals surface area contributed by atoms with Crippen LogP contribution in [0.5, 0.6) is 0 Å². The highest BCUT2D eigenvalue weighted by molar-refractivity contribution is 5.78. The number of imidazole rings is 1. The molecule has 1 aliphatic rings. The Morgan fingerprint density at radius 1 is 1.12 bits per heavy atom. The van der Waals surface area contributed by atoms with Crippen molar-refractivity contribution >= 4 is 16.8 Å². The van der Waals surface area contributed by atoms with E-state index in [4.69, 9.17) is 9.15 Å². The van der Waals surface area contributed by atoms with Crippen molar-refractivity contribution < 1.29 is 9.15 Å². The van der Waals surface area contributed by atoms with Crippen molar-refractivity contribution in [3.63, 3.8) is 0 Å². The van der Waals surface area contributed by atoms with Crippen molar-refractivity contribution in [1.29, 1.82) is 0 Å². The van der Waals surface area contributed by atoms with Crippen molar-refractivity contribution in [1.82, 2.24) is 30.2 Å². The van der Waals surface area contributed by atoms with E-state index in [0.717, 1.165) is 47.8 Å². The van der Waals surface area contributed by atoms with E-state index in [9.17, 15) is 0 Å². The highest BCUT2D eigenvalue weighted by Crippen LogP contribution is 2.30. The number of hydrogen-bond acceptors (Lipinski definition) is 7. The number of tetrazole rings is 1. The standard InChI is InChI=1S/C25H25N7O2/c1-2-7-17(8-3-1)13-22-26-15-23(27-22)28-24(21-14-18-9-4-5-11-20(18)34-21)25-29-30-31-32(25)16-19-10-6-12-33-19/h1-5,7-9,11,14-15,19,24,28H,6,10,12-13,16H2,(H,26,27). The number of fused-ring (bicyclic) bond motifs is 1. The van der Waals surface area contributed by atoms with Crippen LogP contribution >= 0.6 is 0 Å². The van der Waals surface area contributed by atoms with Crippen molar-refractivity contribution in [2.24, 2.45) is 0 Å². The molecule has 2 aromatic carbocycles. The summed E-state index contributed by atoms with van der Waals surface area (Å²) < 4.78 is 13.8. The fourth-order valence-electron chi connectivity index (χ4n) is 4.41. The number of aromatic nitrogens is 6. The van der Waals surface area contributed by atoms with E-state index < -0.39 is 6.04 Å². The van der Waals surface area contributed by atoms with Gasteiger partial charge in [0.2, 0.25) is 0 Å². The van der Waals surface area contributed by atoms with E-state index >= 15 is 0 Å². The van der Waals surface area contributed by atoms with E-state index in [1.54, 1.807) is 6.20 Å². The Morgan fingerprint density at radius 3 is 2.85 bits per heavy atom. The van der Waals surface area contributed by atoms with Gasteiger partial charge in [0, 0.05) is 18.4 Å². The molecule has 0 aliphatic carbocycles. The number of benzene rings is 2. The summed E-state index contributed by atoms with van der Waals surface area (Å²) in [5.74, 6) is 3.02. The molecule has 1 aliphatic heterocycles. The van der Waals surface area contributed by atoms with Gasteiger partial charge in [-0.15, -0.1) is 5.10 Å². The highest BCUT2D eigenvalue weighted by Gasteiger charge is 2.27. The van der Waals surface area contributed by atoms with Gasteiger partial charge >= 0.3 is 0 Å². The van der Waals surface area contributed by atoms with Gasteiger partial charge in [0.25, 0.3) is 0 Å². The highest BCUT2D eigenvalue weighted by atomic mass is 16.5. The summed E-state index contributed by atoms with van der Waals surface area (Å²) in [6.07, 6.45) is 4.69. The lowest BCUT2D eigenvalue weighted by molar-refractivity contribution is 0.0925. The zero-order valence-corrected chi connectivity index (χ0v) is 18.6. The number of nitrogens with zero attached hydrogens (tertiary/aromatic N) is 5. The average molecular weight is 456 g/mol. The summed E-state index contributed by atoms with van der Waals surface area (Å²) in [6.45, 7) is 1.38. The molecule has 1 fully saturated rings. The van der Waals surface area contributed by atoms with Crippen molar-refractivity contribution in [3.8, 4) is 0 Å². The van der Waals surface area contributed by atoms with Gasteiger partial charge in [0.15, 0.2) is 5.82 Å². The number of hydrogen-bond donors (Lipinski definition) is 2. The van der Waals surface area contributed by atoms with Gasteiger partial charge < -0.3 is 19.5 Å². The van der Waals surface area contributed by atoms with Crippen molar-refractivity contribution in [2.75, 3.05) is 11.9 Å². The first-order valence-corrected chi connectivity index (χ1v) is 11.5. The van der Waals surface area contributed by atoms with Crippen LogP contribution in [0.4, 0.5) is 5.82 Å². The van der Waals surface area contributed by atoms with Crippen LogP contribution in [0.15, 0.2) is 71.3 Å². The Hall–Kier alpha value is -3.98. The third-order valence-electron chi connectivity index (χ3n) is 6.09. The minimum absolute atomic E-state index is 0.114. The van der Waals surface area contributed by atoms with E-state index in [0.29, 0.717) is 18.8 Å². The normalized spacial score (nSPS) is 16.8. The summed E-state index contributed by atoms with van der Waals surface area (Å²) in [7, 11) is 0. The second-order valence-electron chi connectivity index (χ2n) is 8.52. The zero-order valence-electron chi connectivity index (χ0n) is 18.6. The number of H-pyrrole nitrogens is 1. The molecule has 0 saturated carbocycles. The lowest BCUT2D eigenvalue weighted by Gasteiger charge is -2.17. The van der Waals surface area contributed by atoms with E-state index in [2.05, 4.69) is 42.9 Å². The molecular formula is C25H25N7O2. The predicted molar refractivity (Wildman–Crippen MR) is 126 cm³/mol. The number of nitrogens with one attached hydrogen (secondary N) is 2. The molecule has 9 nitrogen and oxygen atoms in total. The van der Waals surface area contributed by atoms with E-state index in [1.165, 1.54) is 5.56 Å². The van der Waals surface area contributed by atoms with Crippen LogP contribution in [0.25, 0.3) is 11.0 Å². The lowest BCUT2D eigenvalue weighted by atomic mass is 10.1. The van der Waals surface area contributed by atoms with Gasteiger partial charge in [0.05, 0.1) is 18.8 Å². The SMILES string of the molecule is c1ccc(Cc2ncc(NC(c3cc4ccccc4o3)c3nnnn3CC3CCCO3)[nH]2)cc1. The third-order valence-corrected chi connectivity index (χ3v) is 6.09. The van der Waals surface area contributed by atoms with Crippen molar-refractivity contribution in [3.05, 3.63) is 89.8 Å². The van der Waals surface area contributed by atoms with Gasteiger partial charge in [-0.05, 0) is 41.0 Å². The number of anilines is 1. The maximum atomic E-state index is 6.22. The second-order valence-corrected chi connectivity index (χ2v) is 8.52. The molecule has 0 radical (unpaired) electrons. The van der Waals surface area contributed by atoms with Crippen LogP contribution in [-0.2, 0) is 17.7 Å². The molecule has 4 heterocycles. The van der Waals surface area contributed by atoms with Crippen LogP contribution in [-0.4, -0.2) is 42.9 Å². The number of aromatic amines is 1. The first kappa shape index (κ1) is 20.6.